The molecule has 0 aliphatic carbocycles. The van der Waals surface area contributed by atoms with E-state index < -0.39 is 48.8 Å². The van der Waals surface area contributed by atoms with Crippen LogP contribution in [0.5, 0.6) is 5.75 Å². The van der Waals surface area contributed by atoms with Gasteiger partial charge in [0, 0.05) is 6.42 Å². The molecule has 1 aliphatic rings. The summed E-state index contributed by atoms with van der Waals surface area (Å²) in [7, 11) is 0. The maximum absolute atomic E-state index is 14.4. The fourth-order valence-corrected chi connectivity index (χ4v) is 3.54. The fraction of sp³-hybridized carbons (Fsp3) is 0.304. The maximum Gasteiger partial charge on any atom is 0.416 e. The summed E-state index contributed by atoms with van der Waals surface area (Å²) in [5.74, 6) is -1.21. The molecule has 0 radical (unpaired) electrons. The molecule has 0 bridgehead atoms. The highest BCUT2D eigenvalue weighted by Crippen LogP contribution is 2.48. The summed E-state index contributed by atoms with van der Waals surface area (Å²) < 4.78 is 85.0. The van der Waals surface area contributed by atoms with Gasteiger partial charge in [0.25, 0.3) is 5.91 Å². The smallest absolute Gasteiger partial charge is 0.416 e. The highest BCUT2D eigenvalue weighted by Gasteiger charge is 2.59. The maximum atomic E-state index is 14.4. The normalized spacial score (nSPS) is 19.2. The number of ether oxygens (including phenoxy) is 1. The molecule has 3 rings (SSSR count). The van der Waals surface area contributed by atoms with Gasteiger partial charge in [-0.2, -0.15) is 31.6 Å². The first kappa shape index (κ1) is 24.2. The summed E-state index contributed by atoms with van der Waals surface area (Å²) in [4.78, 5) is 12.6. The number of carbonyl (C=O) groups is 1. The minimum absolute atomic E-state index is 0.0468. The molecule has 0 spiro atoms. The fourth-order valence-electron chi connectivity index (χ4n) is 3.54. The van der Waals surface area contributed by atoms with E-state index in [9.17, 15) is 36.4 Å². The van der Waals surface area contributed by atoms with Gasteiger partial charge in [-0.05, 0) is 35.8 Å². The number of rotatable bonds is 5. The van der Waals surface area contributed by atoms with Gasteiger partial charge in [-0.3, -0.25) is 4.79 Å². The van der Waals surface area contributed by atoms with Crippen molar-refractivity contribution in [1.82, 2.24) is 5.32 Å². The molecular formula is C23H18F6N2O2. The molecule has 1 amide bonds. The van der Waals surface area contributed by atoms with Gasteiger partial charge in [0.15, 0.2) is 5.54 Å². The van der Waals surface area contributed by atoms with E-state index in [0.717, 1.165) is 29.8 Å². The Labute approximate surface area is 185 Å². The number of alkyl halides is 6. The topological polar surface area (TPSA) is 62.1 Å². The summed E-state index contributed by atoms with van der Waals surface area (Å²) in [6, 6.07) is 12.4. The van der Waals surface area contributed by atoms with Gasteiger partial charge in [0.2, 0.25) is 0 Å². The minimum atomic E-state index is -4.95. The van der Waals surface area contributed by atoms with Gasteiger partial charge in [0.05, 0.1) is 13.0 Å². The average molecular weight is 468 g/mol. The first-order valence-electron chi connectivity index (χ1n) is 9.76. The molecule has 1 atom stereocenters. The lowest BCUT2D eigenvalue weighted by Gasteiger charge is -2.40. The number of nitrogens with zero attached hydrogens (tertiary/aromatic N) is 1. The van der Waals surface area contributed by atoms with Crippen molar-refractivity contribution in [3.05, 3.63) is 70.8 Å². The highest BCUT2D eigenvalue weighted by atomic mass is 19.4. The monoisotopic (exact) mass is 468 g/mol. The van der Waals surface area contributed by atoms with E-state index >= 15 is 0 Å². The molecule has 33 heavy (non-hydrogen) atoms. The Morgan fingerprint density at radius 3 is 2.15 bits per heavy atom. The molecule has 1 aliphatic heterocycles. The lowest BCUT2D eigenvalue weighted by Crippen LogP contribution is -2.58. The van der Waals surface area contributed by atoms with E-state index in [1.807, 2.05) is 5.32 Å². The summed E-state index contributed by atoms with van der Waals surface area (Å²) in [5.41, 5.74) is -2.48. The standard InChI is InChI=1S/C23H18F6N2O2/c1-14-2-4-15(5-3-14)18-12-21(23(27,28)29,31-20(32)19(18)13-30)16-6-8-17(9-7-16)33-11-10-22(24,25)26/h2-9H,10-12H2,1H3,(H,31,32)/t21-/m0/s1. The van der Waals surface area contributed by atoms with Gasteiger partial charge >= 0.3 is 12.4 Å². The lowest BCUT2D eigenvalue weighted by molar-refractivity contribution is -0.201. The molecule has 4 nitrogen and oxygen atoms in total. The van der Waals surface area contributed by atoms with Crippen LogP contribution in [-0.2, 0) is 10.3 Å². The highest BCUT2D eigenvalue weighted by molar-refractivity contribution is 6.07. The van der Waals surface area contributed by atoms with Crippen LogP contribution < -0.4 is 10.1 Å². The Bertz CT molecular complexity index is 1100. The van der Waals surface area contributed by atoms with Crippen LogP contribution >= 0.6 is 0 Å². The number of amides is 1. The number of hydrogen-bond donors (Lipinski definition) is 1. The first-order chi connectivity index (χ1) is 15.4. The third kappa shape index (κ3) is 5.13. The van der Waals surface area contributed by atoms with Crippen LogP contribution in [0.3, 0.4) is 0 Å². The Morgan fingerprint density at radius 2 is 1.64 bits per heavy atom. The molecule has 0 saturated carbocycles. The van der Waals surface area contributed by atoms with E-state index in [1.165, 1.54) is 0 Å². The molecule has 2 aromatic rings. The van der Waals surface area contributed by atoms with Crippen LogP contribution in [-0.4, -0.2) is 24.9 Å². The molecule has 174 valence electrons. The molecule has 0 aromatic heterocycles. The number of benzene rings is 2. The molecule has 0 unspecified atom stereocenters. The van der Waals surface area contributed by atoms with Crippen molar-refractivity contribution in [3.8, 4) is 11.8 Å². The second-order valence-electron chi connectivity index (χ2n) is 7.60. The third-order valence-electron chi connectivity index (χ3n) is 5.29. The van der Waals surface area contributed by atoms with Crippen molar-refractivity contribution in [2.75, 3.05) is 6.61 Å². The first-order valence-corrected chi connectivity index (χ1v) is 9.76. The predicted octanol–water partition coefficient (Wildman–Crippen LogP) is 5.58. The van der Waals surface area contributed by atoms with Crippen LogP contribution in [0.25, 0.3) is 5.57 Å². The van der Waals surface area contributed by atoms with Gasteiger partial charge in [-0.25, -0.2) is 0 Å². The Kier molecular flexibility index (Phi) is 6.45. The number of carbonyl (C=O) groups excluding carboxylic acids is 1. The van der Waals surface area contributed by atoms with E-state index in [2.05, 4.69) is 0 Å². The van der Waals surface area contributed by atoms with Crippen LogP contribution in [0.2, 0.25) is 0 Å². The molecule has 1 N–H and O–H groups in total. The van der Waals surface area contributed by atoms with Crippen LogP contribution in [0.4, 0.5) is 26.3 Å². The van der Waals surface area contributed by atoms with E-state index in [4.69, 9.17) is 4.74 Å². The second kappa shape index (κ2) is 8.81. The van der Waals surface area contributed by atoms with Gasteiger partial charge in [-0.15, -0.1) is 0 Å². The van der Waals surface area contributed by atoms with Gasteiger partial charge in [-0.1, -0.05) is 42.0 Å². The van der Waals surface area contributed by atoms with Crippen LogP contribution in [0, 0.1) is 18.3 Å². The Hall–Kier alpha value is -3.48. The van der Waals surface area contributed by atoms with Crippen LogP contribution in [0.15, 0.2) is 54.1 Å². The quantitative estimate of drug-likeness (QED) is 0.583. The van der Waals surface area contributed by atoms with E-state index in [-0.39, 0.29) is 16.9 Å². The number of hydrogen-bond acceptors (Lipinski definition) is 3. The number of nitriles is 1. The van der Waals surface area contributed by atoms with Crippen molar-refractivity contribution in [3.63, 3.8) is 0 Å². The molecular weight excluding hydrogens is 450 g/mol. The molecule has 10 heteroatoms. The Balaban J connectivity index is 2.00. The number of aryl methyl sites for hydroxylation is 1. The zero-order chi connectivity index (χ0) is 24.4. The summed E-state index contributed by atoms with van der Waals surface area (Å²) in [6.07, 6.45) is -11.3. The molecule has 0 fully saturated rings. The molecule has 1 heterocycles. The van der Waals surface area contributed by atoms with Crippen molar-refractivity contribution >= 4 is 11.5 Å². The number of nitrogens with one attached hydrogen (secondary N) is 1. The van der Waals surface area contributed by atoms with Gasteiger partial charge in [0.1, 0.15) is 17.4 Å². The third-order valence-corrected chi connectivity index (χ3v) is 5.29. The Morgan fingerprint density at radius 1 is 1.03 bits per heavy atom. The summed E-state index contributed by atoms with van der Waals surface area (Å²) in [5, 5.41) is 11.4. The lowest BCUT2D eigenvalue weighted by atomic mass is 9.76. The zero-order valence-corrected chi connectivity index (χ0v) is 17.3. The van der Waals surface area contributed by atoms with E-state index in [0.29, 0.717) is 5.56 Å². The number of halogens is 6. The average Bonchev–Trinajstić information content (AvgIpc) is 2.72. The van der Waals surface area contributed by atoms with Crippen molar-refractivity contribution in [1.29, 1.82) is 5.26 Å². The van der Waals surface area contributed by atoms with Crippen molar-refractivity contribution in [2.45, 2.75) is 37.7 Å². The molecule has 0 saturated heterocycles. The van der Waals surface area contributed by atoms with Crippen LogP contribution in [0.1, 0.15) is 29.5 Å². The minimum Gasteiger partial charge on any atom is -0.493 e. The molecule has 2 aromatic carbocycles. The predicted molar refractivity (Wildman–Crippen MR) is 107 cm³/mol. The largest absolute Gasteiger partial charge is 0.493 e. The van der Waals surface area contributed by atoms with E-state index in [1.54, 1.807) is 37.3 Å². The summed E-state index contributed by atoms with van der Waals surface area (Å²) in [6.45, 7) is 1.10. The SMILES string of the molecule is Cc1ccc(C2=C(C#N)C(=O)N[C@@](c3ccc(OCCC(F)(F)F)cc3)(C(F)(F)F)C2)cc1. The van der Waals surface area contributed by atoms with Crippen molar-refractivity contribution in [2.24, 2.45) is 0 Å². The summed E-state index contributed by atoms with van der Waals surface area (Å²) >= 11 is 0. The second-order valence-corrected chi connectivity index (χ2v) is 7.60. The zero-order valence-electron chi connectivity index (χ0n) is 17.3. The van der Waals surface area contributed by atoms with Crippen molar-refractivity contribution < 1.29 is 35.9 Å². The van der Waals surface area contributed by atoms with Gasteiger partial charge < -0.3 is 10.1 Å².